The summed E-state index contributed by atoms with van der Waals surface area (Å²) < 4.78 is 5.33. The Morgan fingerprint density at radius 1 is 1.19 bits per heavy atom. The molecule has 4 rings (SSSR count). The van der Waals surface area contributed by atoms with Gasteiger partial charge in [-0.05, 0) is 42.2 Å². The fourth-order valence-electron chi connectivity index (χ4n) is 4.88. The Labute approximate surface area is 160 Å². The van der Waals surface area contributed by atoms with Crippen LogP contribution in [0, 0.1) is 11.3 Å². The smallest absolute Gasteiger partial charge is 0.227 e. The second-order valence-corrected chi connectivity index (χ2v) is 8.26. The number of morpholine rings is 1. The summed E-state index contributed by atoms with van der Waals surface area (Å²) in [7, 11) is 0. The number of amides is 2. The summed E-state index contributed by atoms with van der Waals surface area (Å²) in [5.74, 6) is 0.887. The predicted molar refractivity (Wildman–Crippen MR) is 101 cm³/mol. The molecular weight excluding hydrogens is 342 g/mol. The molecule has 0 N–H and O–H groups in total. The van der Waals surface area contributed by atoms with E-state index in [1.54, 1.807) is 12.4 Å². The van der Waals surface area contributed by atoms with Crippen molar-refractivity contribution >= 4 is 11.8 Å². The zero-order chi connectivity index (χ0) is 18.7. The molecule has 3 fully saturated rings. The Balaban J connectivity index is 1.33. The van der Waals surface area contributed by atoms with E-state index in [0.29, 0.717) is 45.1 Å². The topological polar surface area (TPSA) is 62.7 Å². The van der Waals surface area contributed by atoms with Crippen LogP contribution in [0.15, 0.2) is 24.5 Å². The molecular formula is C21H29N3O3. The van der Waals surface area contributed by atoms with Gasteiger partial charge in [-0.15, -0.1) is 0 Å². The van der Waals surface area contributed by atoms with Crippen LogP contribution in [0.5, 0.6) is 0 Å². The highest BCUT2D eigenvalue weighted by atomic mass is 16.5. The van der Waals surface area contributed by atoms with Crippen molar-refractivity contribution in [1.82, 2.24) is 14.8 Å². The molecule has 1 atom stereocenters. The van der Waals surface area contributed by atoms with E-state index in [9.17, 15) is 9.59 Å². The number of ether oxygens (including phenoxy) is 1. The first-order valence-corrected chi connectivity index (χ1v) is 10.2. The predicted octanol–water partition coefficient (Wildman–Crippen LogP) is 1.89. The zero-order valence-corrected chi connectivity index (χ0v) is 15.9. The minimum atomic E-state index is 0.191. The highest BCUT2D eigenvalue weighted by Crippen LogP contribution is 2.53. The lowest BCUT2D eigenvalue weighted by molar-refractivity contribution is -0.135. The molecule has 3 heterocycles. The number of hydrogen-bond acceptors (Lipinski definition) is 4. The highest BCUT2D eigenvalue weighted by Gasteiger charge is 2.50. The third kappa shape index (κ3) is 4.00. The van der Waals surface area contributed by atoms with E-state index in [1.165, 1.54) is 19.3 Å². The number of likely N-dealkylation sites (tertiary alicyclic amines) is 1. The third-order valence-electron chi connectivity index (χ3n) is 6.66. The second kappa shape index (κ2) is 7.97. The van der Waals surface area contributed by atoms with Crippen LogP contribution < -0.4 is 0 Å². The molecule has 2 aliphatic heterocycles. The van der Waals surface area contributed by atoms with Crippen LogP contribution in [0.25, 0.3) is 0 Å². The number of hydrogen-bond donors (Lipinski definition) is 0. The molecule has 146 valence electrons. The number of nitrogens with zero attached hydrogens (tertiary/aromatic N) is 3. The highest BCUT2D eigenvalue weighted by molar-refractivity contribution is 5.79. The van der Waals surface area contributed by atoms with Crippen molar-refractivity contribution in [3.8, 4) is 0 Å². The van der Waals surface area contributed by atoms with E-state index in [4.69, 9.17) is 4.74 Å². The SMILES string of the molecule is O=C(CCC1CN(C(=O)Cc2cccnc2)CC12CCC2)N1CCOCC1. The molecule has 2 saturated heterocycles. The van der Waals surface area contributed by atoms with Gasteiger partial charge in [-0.25, -0.2) is 0 Å². The van der Waals surface area contributed by atoms with Gasteiger partial charge in [-0.3, -0.25) is 14.6 Å². The van der Waals surface area contributed by atoms with Crippen LogP contribution in [0.4, 0.5) is 0 Å². The molecule has 0 bridgehead atoms. The van der Waals surface area contributed by atoms with Gasteiger partial charge in [0.15, 0.2) is 0 Å². The number of rotatable bonds is 5. The fourth-order valence-corrected chi connectivity index (χ4v) is 4.88. The summed E-state index contributed by atoms with van der Waals surface area (Å²) in [6.45, 7) is 4.39. The first kappa shape index (κ1) is 18.4. The Morgan fingerprint density at radius 3 is 2.67 bits per heavy atom. The van der Waals surface area contributed by atoms with Gasteiger partial charge in [-0.2, -0.15) is 0 Å². The fraction of sp³-hybridized carbons (Fsp3) is 0.667. The summed E-state index contributed by atoms with van der Waals surface area (Å²) >= 11 is 0. The van der Waals surface area contributed by atoms with Crippen molar-refractivity contribution in [2.75, 3.05) is 39.4 Å². The number of aromatic nitrogens is 1. The largest absolute Gasteiger partial charge is 0.378 e. The molecule has 0 radical (unpaired) electrons. The molecule has 1 spiro atoms. The monoisotopic (exact) mass is 371 g/mol. The van der Waals surface area contributed by atoms with E-state index < -0.39 is 0 Å². The zero-order valence-electron chi connectivity index (χ0n) is 15.9. The molecule has 1 aromatic heterocycles. The molecule has 0 aromatic carbocycles. The quantitative estimate of drug-likeness (QED) is 0.793. The molecule has 27 heavy (non-hydrogen) atoms. The molecule has 1 aliphatic carbocycles. The lowest BCUT2D eigenvalue weighted by atomic mass is 9.62. The summed E-state index contributed by atoms with van der Waals surface area (Å²) in [6, 6.07) is 3.83. The van der Waals surface area contributed by atoms with Gasteiger partial charge in [0.25, 0.3) is 0 Å². The van der Waals surface area contributed by atoms with Gasteiger partial charge in [0.2, 0.25) is 11.8 Å². The van der Waals surface area contributed by atoms with Crippen LogP contribution in [-0.2, 0) is 20.7 Å². The van der Waals surface area contributed by atoms with Crippen LogP contribution >= 0.6 is 0 Å². The van der Waals surface area contributed by atoms with Gasteiger partial charge >= 0.3 is 0 Å². The van der Waals surface area contributed by atoms with Gasteiger partial charge < -0.3 is 14.5 Å². The normalized spacial score (nSPS) is 24.1. The number of carbonyl (C=O) groups is 2. The maximum atomic E-state index is 12.8. The first-order chi connectivity index (χ1) is 13.2. The lowest BCUT2D eigenvalue weighted by Crippen LogP contribution is -2.42. The molecule has 3 aliphatic rings. The maximum absolute atomic E-state index is 12.8. The maximum Gasteiger partial charge on any atom is 0.227 e. The van der Waals surface area contributed by atoms with Crippen molar-refractivity contribution in [3.05, 3.63) is 30.1 Å². The average Bonchev–Trinajstić information content (AvgIpc) is 3.08. The van der Waals surface area contributed by atoms with Crippen molar-refractivity contribution in [2.45, 2.75) is 38.5 Å². The van der Waals surface area contributed by atoms with Crippen molar-refractivity contribution < 1.29 is 14.3 Å². The molecule has 1 saturated carbocycles. The number of pyridine rings is 1. The van der Waals surface area contributed by atoms with Crippen molar-refractivity contribution in [3.63, 3.8) is 0 Å². The van der Waals surface area contributed by atoms with Gasteiger partial charge in [0, 0.05) is 45.0 Å². The second-order valence-electron chi connectivity index (χ2n) is 8.26. The average molecular weight is 371 g/mol. The van der Waals surface area contributed by atoms with Crippen molar-refractivity contribution in [1.29, 1.82) is 0 Å². The molecule has 1 aromatic rings. The summed E-state index contributed by atoms with van der Waals surface area (Å²) in [5.41, 5.74) is 1.23. The minimum Gasteiger partial charge on any atom is -0.378 e. The minimum absolute atomic E-state index is 0.191. The number of carbonyl (C=O) groups excluding carboxylic acids is 2. The van der Waals surface area contributed by atoms with Gasteiger partial charge in [0.1, 0.15) is 0 Å². The first-order valence-electron chi connectivity index (χ1n) is 10.2. The Bertz CT molecular complexity index is 669. The van der Waals surface area contributed by atoms with Crippen LogP contribution in [0.2, 0.25) is 0 Å². The Morgan fingerprint density at radius 2 is 2.00 bits per heavy atom. The lowest BCUT2D eigenvalue weighted by Gasteiger charge is -2.43. The van der Waals surface area contributed by atoms with Crippen LogP contribution in [0.3, 0.4) is 0 Å². The van der Waals surface area contributed by atoms with E-state index in [1.807, 2.05) is 21.9 Å². The molecule has 1 unspecified atom stereocenters. The van der Waals surface area contributed by atoms with Crippen LogP contribution in [0.1, 0.15) is 37.7 Å². The molecule has 6 heteroatoms. The summed E-state index contributed by atoms with van der Waals surface area (Å²) in [6.07, 6.45) is 9.05. The third-order valence-corrected chi connectivity index (χ3v) is 6.66. The summed E-state index contributed by atoms with van der Waals surface area (Å²) in [5, 5.41) is 0. The van der Waals surface area contributed by atoms with E-state index in [-0.39, 0.29) is 17.2 Å². The Kier molecular flexibility index (Phi) is 5.43. The Hall–Kier alpha value is -1.95. The van der Waals surface area contributed by atoms with E-state index >= 15 is 0 Å². The van der Waals surface area contributed by atoms with Crippen molar-refractivity contribution in [2.24, 2.45) is 11.3 Å². The molecule has 6 nitrogen and oxygen atoms in total. The summed E-state index contributed by atoms with van der Waals surface area (Å²) in [4.78, 5) is 33.4. The van der Waals surface area contributed by atoms with Gasteiger partial charge in [0.05, 0.1) is 19.6 Å². The van der Waals surface area contributed by atoms with E-state index in [0.717, 1.165) is 25.1 Å². The molecule has 2 amide bonds. The van der Waals surface area contributed by atoms with E-state index in [2.05, 4.69) is 4.98 Å². The van der Waals surface area contributed by atoms with Crippen LogP contribution in [-0.4, -0.2) is 66.0 Å². The standard InChI is InChI=1S/C21H29N3O3/c25-19(23-9-11-27-12-10-23)5-4-18-15-24(16-21(18)6-2-7-21)20(26)13-17-3-1-8-22-14-17/h1,3,8,14,18H,2,4-7,9-13,15-16H2. The van der Waals surface area contributed by atoms with Gasteiger partial charge in [-0.1, -0.05) is 12.5 Å².